The molecule has 1 amide bonds. The summed E-state index contributed by atoms with van der Waals surface area (Å²) in [6, 6.07) is 18.0. The van der Waals surface area contributed by atoms with Crippen LogP contribution in [-0.4, -0.2) is 15.7 Å². The molecule has 1 heterocycles. The van der Waals surface area contributed by atoms with E-state index in [1.165, 1.54) is 11.6 Å². The molecule has 0 fully saturated rings. The van der Waals surface area contributed by atoms with Crippen LogP contribution in [0.15, 0.2) is 65.5 Å². The third-order valence-corrected chi connectivity index (χ3v) is 4.70. The molecule has 3 rings (SSSR count). The first-order valence-corrected chi connectivity index (χ1v) is 9.66. The van der Waals surface area contributed by atoms with Gasteiger partial charge in [0.25, 0.3) is 5.56 Å². The summed E-state index contributed by atoms with van der Waals surface area (Å²) in [5.41, 5.74) is 2.84. The molecule has 2 aromatic carbocycles. The highest BCUT2D eigenvalue weighted by atomic mass is 35.5. The Morgan fingerprint density at radius 1 is 1.07 bits per heavy atom. The zero-order chi connectivity index (χ0) is 19.9. The van der Waals surface area contributed by atoms with Crippen molar-refractivity contribution in [2.75, 3.05) is 5.32 Å². The second-order valence-electron chi connectivity index (χ2n) is 6.54. The molecule has 0 aliphatic heterocycles. The molecule has 0 unspecified atom stereocenters. The van der Waals surface area contributed by atoms with Crippen molar-refractivity contribution in [3.05, 3.63) is 81.6 Å². The second kappa shape index (κ2) is 9.33. The predicted octanol–water partition coefficient (Wildman–Crippen LogP) is 4.55. The number of hydrogen-bond acceptors (Lipinski definition) is 3. The Kier molecular flexibility index (Phi) is 6.61. The number of aryl methyl sites for hydroxylation is 1. The molecule has 0 bridgehead atoms. The topological polar surface area (TPSA) is 64.0 Å². The van der Waals surface area contributed by atoms with Gasteiger partial charge in [-0.05, 0) is 42.7 Å². The number of nitrogens with zero attached hydrogens (tertiary/aromatic N) is 2. The molecule has 0 aliphatic carbocycles. The molecule has 0 saturated carbocycles. The molecular formula is C22H22ClN3O2. The van der Waals surface area contributed by atoms with Crippen LogP contribution in [0.3, 0.4) is 0 Å². The number of carbonyl (C=O) groups is 1. The summed E-state index contributed by atoms with van der Waals surface area (Å²) in [7, 11) is 0. The van der Waals surface area contributed by atoms with Crippen LogP contribution in [0.5, 0.6) is 0 Å². The summed E-state index contributed by atoms with van der Waals surface area (Å²) in [5, 5.41) is 7.63. The van der Waals surface area contributed by atoms with E-state index in [0.717, 1.165) is 23.9 Å². The van der Waals surface area contributed by atoms with Gasteiger partial charge >= 0.3 is 0 Å². The minimum atomic E-state index is -0.346. The minimum Gasteiger partial charge on any atom is -0.324 e. The van der Waals surface area contributed by atoms with Gasteiger partial charge in [0.05, 0.1) is 10.7 Å². The Labute approximate surface area is 169 Å². The van der Waals surface area contributed by atoms with Crippen LogP contribution < -0.4 is 10.9 Å². The normalized spacial score (nSPS) is 10.6. The molecule has 1 N–H and O–H groups in total. The lowest BCUT2D eigenvalue weighted by molar-refractivity contribution is -0.117. The van der Waals surface area contributed by atoms with E-state index in [9.17, 15) is 9.59 Å². The largest absolute Gasteiger partial charge is 0.324 e. The van der Waals surface area contributed by atoms with Crippen LogP contribution in [0.25, 0.3) is 11.3 Å². The van der Waals surface area contributed by atoms with E-state index >= 15 is 0 Å². The maximum Gasteiger partial charge on any atom is 0.267 e. The number of anilines is 1. The molecule has 0 spiro atoms. The lowest BCUT2D eigenvalue weighted by Gasteiger charge is -2.09. The van der Waals surface area contributed by atoms with Crippen molar-refractivity contribution in [1.82, 2.24) is 9.78 Å². The van der Waals surface area contributed by atoms with Crippen LogP contribution >= 0.6 is 11.6 Å². The van der Waals surface area contributed by atoms with Crippen LogP contribution in [0, 0.1) is 0 Å². The molecule has 5 nitrogen and oxygen atoms in total. The lowest BCUT2D eigenvalue weighted by Crippen LogP contribution is -2.29. The van der Waals surface area contributed by atoms with Crippen molar-refractivity contribution in [1.29, 1.82) is 0 Å². The maximum atomic E-state index is 12.4. The van der Waals surface area contributed by atoms with E-state index < -0.39 is 0 Å². The quantitative estimate of drug-likeness (QED) is 0.638. The van der Waals surface area contributed by atoms with Gasteiger partial charge in [0.2, 0.25) is 5.91 Å². The highest BCUT2D eigenvalue weighted by molar-refractivity contribution is 6.33. The van der Waals surface area contributed by atoms with E-state index in [2.05, 4.69) is 17.3 Å². The number of hydrogen-bond donors (Lipinski definition) is 1. The van der Waals surface area contributed by atoms with E-state index in [4.69, 9.17) is 11.6 Å². The van der Waals surface area contributed by atoms with Crippen LogP contribution in [-0.2, 0) is 17.8 Å². The number of rotatable bonds is 7. The zero-order valence-electron chi connectivity index (χ0n) is 15.7. The smallest absolute Gasteiger partial charge is 0.267 e. The molecule has 0 radical (unpaired) electrons. The molecule has 0 atom stereocenters. The van der Waals surface area contributed by atoms with Gasteiger partial charge in [-0.25, -0.2) is 4.68 Å². The van der Waals surface area contributed by atoms with E-state index in [0.29, 0.717) is 22.0 Å². The maximum absolute atomic E-state index is 12.4. The molecule has 3 aromatic rings. The Hall–Kier alpha value is -2.92. The average molecular weight is 396 g/mol. The standard InChI is InChI=1S/C22H22ClN3O2/c1-2-3-6-16-9-11-17(12-10-16)24-21(27)15-26-22(28)14-13-20(25-26)18-7-4-5-8-19(18)23/h4-5,7-14H,2-3,6,15H2,1H3,(H,24,27). The van der Waals surface area contributed by atoms with Crippen molar-refractivity contribution in [2.45, 2.75) is 32.7 Å². The molecule has 1 aromatic heterocycles. The van der Waals surface area contributed by atoms with Gasteiger partial charge in [0, 0.05) is 17.3 Å². The number of unbranched alkanes of at least 4 members (excludes halogenated alkanes) is 1. The Morgan fingerprint density at radius 3 is 2.54 bits per heavy atom. The number of amides is 1. The SMILES string of the molecule is CCCCc1ccc(NC(=O)Cn2nc(-c3ccccc3Cl)ccc2=O)cc1. The van der Waals surface area contributed by atoms with Gasteiger partial charge in [-0.3, -0.25) is 9.59 Å². The number of nitrogens with one attached hydrogen (secondary N) is 1. The third kappa shape index (κ3) is 5.08. The van der Waals surface area contributed by atoms with Gasteiger partial charge in [0.1, 0.15) is 6.54 Å². The summed E-state index contributed by atoms with van der Waals surface area (Å²) in [6.45, 7) is 1.99. The number of aromatic nitrogens is 2. The summed E-state index contributed by atoms with van der Waals surface area (Å²) in [6.07, 6.45) is 3.31. The first kappa shape index (κ1) is 19.8. The van der Waals surface area contributed by atoms with E-state index in [-0.39, 0.29) is 18.0 Å². The Balaban J connectivity index is 1.71. The van der Waals surface area contributed by atoms with Crippen molar-refractivity contribution in [2.24, 2.45) is 0 Å². The van der Waals surface area contributed by atoms with Gasteiger partial charge in [-0.1, -0.05) is 55.3 Å². The van der Waals surface area contributed by atoms with Gasteiger partial charge < -0.3 is 5.32 Å². The van der Waals surface area contributed by atoms with Crippen LogP contribution in [0.1, 0.15) is 25.3 Å². The van der Waals surface area contributed by atoms with Crippen LogP contribution in [0.2, 0.25) is 5.02 Å². The first-order chi connectivity index (χ1) is 13.6. The number of benzene rings is 2. The van der Waals surface area contributed by atoms with Crippen LogP contribution in [0.4, 0.5) is 5.69 Å². The molecule has 144 valence electrons. The molecule has 28 heavy (non-hydrogen) atoms. The van der Waals surface area contributed by atoms with Crippen molar-refractivity contribution >= 4 is 23.2 Å². The first-order valence-electron chi connectivity index (χ1n) is 9.28. The fourth-order valence-electron chi connectivity index (χ4n) is 2.85. The van der Waals surface area contributed by atoms with Gasteiger partial charge in [-0.15, -0.1) is 0 Å². The summed E-state index contributed by atoms with van der Waals surface area (Å²) >= 11 is 6.20. The fraction of sp³-hybridized carbons (Fsp3) is 0.227. The molecule has 6 heteroatoms. The highest BCUT2D eigenvalue weighted by Gasteiger charge is 2.10. The number of carbonyl (C=O) groups excluding carboxylic acids is 1. The Morgan fingerprint density at radius 2 is 1.82 bits per heavy atom. The van der Waals surface area contributed by atoms with E-state index in [1.807, 2.05) is 42.5 Å². The lowest BCUT2D eigenvalue weighted by atomic mass is 10.1. The van der Waals surface area contributed by atoms with E-state index in [1.54, 1.807) is 12.1 Å². The summed E-state index contributed by atoms with van der Waals surface area (Å²) in [5.74, 6) is -0.313. The third-order valence-electron chi connectivity index (χ3n) is 4.37. The minimum absolute atomic E-state index is 0.172. The van der Waals surface area contributed by atoms with Gasteiger partial charge in [0.15, 0.2) is 0 Å². The molecule has 0 aliphatic rings. The average Bonchev–Trinajstić information content (AvgIpc) is 2.69. The van der Waals surface area contributed by atoms with Gasteiger partial charge in [-0.2, -0.15) is 5.10 Å². The molecule has 0 saturated heterocycles. The predicted molar refractivity (Wildman–Crippen MR) is 113 cm³/mol. The van der Waals surface area contributed by atoms with Crippen molar-refractivity contribution in [3.8, 4) is 11.3 Å². The van der Waals surface area contributed by atoms with Crippen molar-refractivity contribution < 1.29 is 4.79 Å². The highest BCUT2D eigenvalue weighted by Crippen LogP contribution is 2.24. The monoisotopic (exact) mass is 395 g/mol. The Bertz CT molecular complexity index is 1010. The number of halogens is 1. The summed E-state index contributed by atoms with van der Waals surface area (Å²) in [4.78, 5) is 24.5. The molecular weight excluding hydrogens is 374 g/mol. The zero-order valence-corrected chi connectivity index (χ0v) is 16.4. The summed E-state index contributed by atoms with van der Waals surface area (Å²) < 4.78 is 1.14. The second-order valence-corrected chi connectivity index (χ2v) is 6.95. The van der Waals surface area contributed by atoms with Crippen molar-refractivity contribution in [3.63, 3.8) is 0 Å². The fourth-order valence-corrected chi connectivity index (χ4v) is 3.08.